The van der Waals surface area contributed by atoms with Crippen molar-refractivity contribution in [3.63, 3.8) is 0 Å². The van der Waals surface area contributed by atoms with Crippen molar-refractivity contribution in [2.75, 3.05) is 0 Å². The van der Waals surface area contributed by atoms with E-state index in [0.29, 0.717) is 36.0 Å². The van der Waals surface area contributed by atoms with E-state index in [1.807, 2.05) is 54.6 Å². The van der Waals surface area contributed by atoms with E-state index in [0.717, 1.165) is 28.5 Å². The predicted molar refractivity (Wildman–Crippen MR) is 127 cm³/mol. The van der Waals surface area contributed by atoms with E-state index in [1.165, 1.54) is 6.20 Å². The van der Waals surface area contributed by atoms with Crippen LogP contribution < -0.4 is 10.3 Å². The maximum Gasteiger partial charge on any atom is 0.341 e. The average Bonchev–Trinajstić information content (AvgIpc) is 3.28. The van der Waals surface area contributed by atoms with E-state index in [2.05, 4.69) is 23.9 Å². The number of aromatic amines is 1. The second-order valence-electron chi connectivity index (χ2n) is 8.09. The molecule has 0 aliphatic rings. The number of fused-ring (bicyclic) bond motifs is 1. The van der Waals surface area contributed by atoms with Gasteiger partial charge in [0.25, 0.3) is 5.56 Å². The van der Waals surface area contributed by atoms with E-state index in [4.69, 9.17) is 4.74 Å². The summed E-state index contributed by atoms with van der Waals surface area (Å²) in [6.45, 7) is 4.67. The van der Waals surface area contributed by atoms with Crippen LogP contribution in [0.25, 0.3) is 16.9 Å². The fourth-order valence-electron chi connectivity index (χ4n) is 3.97. The van der Waals surface area contributed by atoms with Crippen LogP contribution in [0.15, 0.2) is 65.6 Å². The topological polar surface area (TPSA) is 96.7 Å². The van der Waals surface area contributed by atoms with E-state index in [-0.39, 0.29) is 16.8 Å². The second kappa shape index (κ2) is 9.73. The molecule has 0 atom stereocenters. The SMILES string of the molecule is CCC(CC)Cc1c(-c2ccc(OCc3ccccc3)cc2)[nH]c2c(C(=O)O)cnn2c1=O. The molecule has 0 bridgehead atoms. The van der Waals surface area contributed by atoms with Crippen LogP contribution in [0.3, 0.4) is 0 Å². The Morgan fingerprint density at radius 2 is 1.79 bits per heavy atom. The van der Waals surface area contributed by atoms with Crippen molar-refractivity contribution in [2.24, 2.45) is 5.92 Å². The van der Waals surface area contributed by atoms with E-state index < -0.39 is 5.97 Å². The summed E-state index contributed by atoms with van der Waals surface area (Å²) in [7, 11) is 0. The molecule has 33 heavy (non-hydrogen) atoms. The highest BCUT2D eigenvalue weighted by molar-refractivity contribution is 5.94. The van der Waals surface area contributed by atoms with E-state index in [1.54, 1.807) is 0 Å². The van der Waals surface area contributed by atoms with Crippen molar-refractivity contribution in [3.05, 3.63) is 87.8 Å². The summed E-state index contributed by atoms with van der Waals surface area (Å²) in [5.74, 6) is -0.0857. The van der Waals surface area contributed by atoms with Gasteiger partial charge in [-0.25, -0.2) is 4.79 Å². The Morgan fingerprint density at radius 3 is 2.42 bits per heavy atom. The minimum absolute atomic E-state index is 0.0368. The van der Waals surface area contributed by atoms with E-state index >= 15 is 0 Å². The number of rotatable bonds is 9. The van der Waals surface area contributed by atoms with Crippen molar-refractivity contribution < 1.29 is 14.6 Å². The minimum atomic E-state index is -1.14. The number of H-pyrrole nitrogens is 1. The summed E-state index contributed by atoms with van der Waals surface area (Å²) in [4.78, 5) is 28.1. The molecule has 7 nitrogen and oxygen atoms in total. The fraction of sp³-hybridized carbons (Fsp3) is 0.269. The van der Waals surface area contributed by atoms with Gasteiger partial charge in [0.1, 0.15) is 17.9 Å². The number of aromatic nitrogens is 3. The highest BCUT2D eigenvalue weighted by Crippen LogP contribution is 2.27. The Balaban J connectivity index is 1.73. The van der Waals surface area contributed by atoms with Gasteiger partial charge in [-0.3, -0.25) is 4.79 Å². The number of carboxylic acids is 1. The van der Waals surface area contributed by atoms with Crippen molar-refractivity contribution >= 4 is 11.6 Å². The molecule has 7 heteroatoms. The molecule has 0 aliphatic heterocycles. The highest BCUT2D eigenvalue weighted by Gasteiger charge is 2.21. The van der Waals surface area contributed by atoms with Gasteiger partial charge >= 0.3 is 5.97 Å². The molecule has 0 aliphatic carbocycles. The first kappa shape index (κ1) is 22.3. The zero-order valence-electron chi connectivity index (χ0n) is 18.7. The van der Waals surface area contributed by atoms with Crippen LogP contribution in [0.5, 0.6) is 5.75 Å². The maximum absolute atomic E-state index is 13.3. The Hall–Kier alpha value is -3.87. The summed E-state index contributed by atoms with van der Waals surface area (Å²) in [5, 5.41) is 13.5. The van der Waals surface area contributed by atoms with Gasteiger partial charge in [0.2, 0.25) is 0 Å². The first-order chi connectivity index (χ1) is 16.0. The number of hydrogen-bond donors (Lipinski definition) is 2. The molecule has 2 aromatic heterocycles. The Kier molecular flexibility index (Phi) is 6.58. The average molecular weight is 446 g/mol. The zero-order chi connectivity index (χ0) is 23.4. The van der Waals surface area contributed by atoms with Gasteiger partial charge in [-0.1, -0.05) is 57.0 Å². The fourth-order valence-corrected chi connectivity index (χ4v) is 3.97. The van der Waals surface area contributed by atoms with Crippen LogP contribution in [-0.2, 0) is 13.0 Å². The van der Waals surface area contributed by atoms with Gasteiger partial charge < -0.3 is 14.8 Å². The molecule has 0 fully saturated rings. The van der Waals surface area contributed by atoms with Crippen LogP contribution in [0, 0.1) is 5.92 Å². The number of aromatic carboxylic acids is 1. The van der Waals surface area contributed by atoms with Crippen molar-refractivity contribution in [3.8, 4) is 17.0 Å². The Labute approximate surface area is 191 Å². The van der Waals surface area contributed by atoms with Gasteiger partial charge in [-0.2, -0.15) is 9.61 Å². The predicted octanol–water partition coefficient (Wildman–Crippen LogP) is 4.95. The third-order valence-electron chi connectivity index (χ3n) is 6.03. The number of nitrogens with one attached hydrogen (secondary N) is 1. The molecule has 0 unspecified atom stereocenters. The number of carboxylic acid groups (broad SMARTS) is 1. The van der Waals surface area contributed by atoms with E-state index in [9.17, 15) is 14.7 Å². The molecule has 0 amide bonds. The van der Waals surface area contributed by atoms with Gasteiger partial charge in [-0.05, 0) is 47.7 Å². The number of ether oxygens (including phenoxy) is 1. The number of nitrogens with zero attached hydrogens (tertiary/aromatic N) is 2. The summed E-state index contributed by atoms with van der Waals surface area (Å²) in [6.07, 6.45) is 3.68. The van der Waals surface area contributed by atoms with Crippen LogP contribution in [0.1, 0.15) is 48.2 Å². The highest BCUT2D eigenvalue weighted by atomic mass is 16.5. The van der Waals surface area contributed by atoms with Crippen LogP contribution in [-0.4, -0.2) is 25.7 Å². The lowest BCUT2D eigenvalue weighted by Crippen LogP contribution is -2.24. The van der Waals surface area contributed by atoms with Crippen LogP contribution >= 0.6 is 0 Å². The molecule has 2 heterocycles. The normalized spacial score (nSPS) is 11.2. The molecular formula is C26H27N3O4. The molecule has 2 aromatic carbocycles. The first-order valence-electron chi connectivity index (χ1n) is 11.1. The molecular weight excluding hydrogens is 418 g/mol. The number of benzene rings is 2. The van der Waals surface area contributed by atoms with Gasteiger partial charge in [0.15, 0.2) is 5.65 Å². The maximum atomic E-state index is 13.3. The first-order valence-corrected chi connectivity index (χ1v) is 11.1. The van der Waals surface area contributed by atoms with Crippen molar-refractivity contribution in [1.82, 2.24) is 14.6 Å². The van der Waals surface area contributed by atoms with Crippen LogP contribution in [0.4, 0.5) is 0 Å². The smallest absolute Gasteiger partial charge is 0.341 e. The molecule has 0 radical (unpaired) electrons. The Morgan fingerprint density at radius 1 is 1.09 bits per heavy atom. The third kappa shape index (κ3) is 4.67. The standard InChI is InChI=1S/C26H27N3O4/c1-3-17(4-2)14-21-23(28-24-22(26(31)32)15-27-29(24)25(21)30)19-10-12-20(13-11-19)33-16-18-8-6-5-7-9-18/h5-13,15,17,28H,3-4,14,16H2,1-2H3,(H,31,32). The summed E-state index contributed by atoms with van der Waals surface area (Å²) >= 11 is 0. The van der Waals surface area contributed by atoms with Crippen molar-refractivity contribution in [2.45, 2.75) is 39.7 Å². The van der Waals surface area contributed by atoms with Gasteiger partial charge in [0.05, 0.1) is 11.9 Å². The van der Waals surface area contributed by atoms with Gasteiger partial charge in [-0.15, -0.1) is 0 Å². The molecule has 2 N–H and O–H groups in total. The summed E-state index contributed by atoms with van der Waals surface area (Å²) in [5.41, 5.74) is 2.95. The molecule has 0 saturated heterocycles. The lowest BCUT2D eigenvalue weighted by molar-refractivity contribution is 0.0698. The lowest BCUT2D eigenvalue weighted by atomic mass is 9.92. The monoisotopic (exact) mass is 445 g/mol. The van der Waals surface area contributed by atoms with Crippen molar-refractivity contribution in [1.29, 1.82) is 0 Å². The lowest BCUT2D eigenvalue weighted by Gasteiger charge is -2.16. The molecule has 170 valence electrons. The number of hydrogen-bond acceptors (Lipinski definition) is 4. The molecule has 4 aromatic rings. The third-order valence-corrected chi connectivity index (χ3v) is 6.03. The molecule has 4 rings (SSSR count). The Bertz CT molecular complexity index is 1300. The molecule has 0 saturated carbocycles. The summed E-state index contributed by atoms with van der Waals surface area (Å²) in [6, 6.07) is 17.4. The summed E-state index contributed by atoms with van der Waals surface area (Å²) < 4.78 is 7.04. The van der Waals surface area contributed by atoms with Gasteiger partial charge in [0, 0.05) is 5.56 Å². The quantitative estimate of drug-likeness (QED) is 0.380. The second-order valence-corrected chi connectivity index (χ2v) is 8.09. The largest absolute Gasteiger partial charge is 0.489 e. The zero-order valence-corrected chi connectivity index (χ0v) is 18.7. The minimum Gasteiger partial charge on any atom is -0.489 e. The number of carbonyl (C=O) groups is 1. The van der Waals surface area contributed by atoms with Crippen LogP contribution in [0.2, 0.25) is 0 Å². The molecule has 0 spiro atoms.